The van der Waals surface area contributed by atoms with E-state index in [4.69, 9.17) is 0 Å². The number of aryl methyl sites for hydroxylation is 2. The molecule has 0 unspecified atom stereocenters. The molecule has 4 heterocycles. The van der Waals surface area contributed by atoms with Crippen molar-refractivity contribution in [2.45, 2.75) is 27.2 Å². The molecule has 0 aromatic carbocycles. The molecule has 4 aromatic rings. The average molecular weight is 335 g/mol. The predicted octanol–water partition coefficient (Wildman–Crippen LogP) is 1.84. The molecule has 0 fully saturated rings. The maximum absolute atomic E-state index is 12.5. The molecule has 4 rings (SSSR count). The minimum atomic E-state index is -0.0886. The third-order valence-corrected chi connectivity index (χ3v) is 4.20. The molecule has 25 heavy (non-hydrogen) atoms. The third-order valence-electron chi connectivity index (χ3n) is 4.20. The van der Waals surface area contributed by atoms with Gasteiger partial charge >= 0.3 is 0 Å². The summed E-state index contributed by atoms with van der Waals surface area (Å²) in [4.78, 5) is 24.3. The van der Waals surface area contributed by atoms with Gasteiger partial charge in [0.15, 0.2) is 0 Å². The average Bonchev–Trinajstić information content (AvgIpc) is 3.22. The van der Waals surface area contributed by atoms with E-state index in [1.54, 1.807) is 29.5 Å². The number of hydrogen-bond acceptors (Lipinski definition) is 5. The second kappa shape index (κ2) is 5.66. The topological polar surface area (TPSA) is 93.8 Å². The lowest BCUT2D eigenvalue weighted by atomic mass is 10.1. The van der Waals surface area contributed by atoms with Gasteiger partial charge in [-0.05, 0) is 25.8 Å². The van der Waals surface area contributed by atoms with Gasteiger partial charge in [0.05, 0.1) is 12.4 Å². The molecule has 0 atom stereocenters. The van der Waals surface area contributed by atoms with Crippen LogP contribution in [0, 0.1) is 13.8 Å². The molecular formula is C17H17N7O. The second-order valence-electron chi connectivity index (χ2n) is 5.94. The molecule has 0 saturated carbocycles. The van der Waals surface area contributed by atoms with Crippen LogP contribution >= 0.6 is 0 Å². The van der Waals surface area contributed by atoms with Crippen LogP contribution in [-0.4, -0.2) is 34.3 Å². The van der Waals surface area contributed by atoms with Gasteiger partial charge in [-0.25, -0.2) is 14.6 Å². The number of H-pyrrole nitrogens is 1. The first-order valence-electron chi connectivity index (χ1n) is 8.02. The first-order valence-corrected chi connectivity index (χ1v) is 8.02. The van der Waals surface area contributed by atoms with Gasteiger partial charge in [-0.1, -0.05) is 6.92 Å². The van der Waals surface area contributed by atoms with Crippen LogP contribution in [0.25, 0.3) is 22.7 Å². The summed E-state index contributed by atoms with van der Waals surface area (Å²) in [6.07, 6.45) is 9.35. The fourth-order valence-electron chi connectivity index (χ4n) is 2.87. The molecule has 8 heteroatoms. The zero-order valence-corrected chi connectivity index (χ0v) is 14.2. The predicted molar refractivity (Wildman–Crippen MR) is 92.8 cm³/mol. The standard InChI is InChI=1S/C17H17N7O/c1-4-13-11(3)22-15-14(8-21-24(15)16(13)25)12-7-20-23(9-12)17-18-5-10(2)6-19-17/h5-9,22H,4H2,1-3H3. The Kier molecular flexibility index (Phi) is 3.45. The van der Waals surface area contributed by atoms with Crippen LogP contribution in [0.2, 0.25) is 0 Å². The van der Waals surface area contributed by atoms with Gasteiger partial charge in [0.2, 0.25) is 5.95 Å². The molecule has 4 aromatic heterocycles. The Labute approximate surface area is 143 Å². The van der Waals surface area contributed by atoms with Gasteiger partial charge < -0.3 is 4.98 Å². The molecule has 0 amide bonds. The summed E-state index contributed by atoms with van der Waals surface area (Å²) >= 11 is 0. The van der Waals surface area contributed by atoms with E-state index in [1.807, 2.05) is 27.0 Å². The van der Waals surface area contributed by atoms with Crippen molar-refractivity contribution in [3.63, 3.8) is 0 Å². The van der Waals surface area contributed by atoms with E-state index in [-0.39, 0.29) is 5.56 Å². The summed E-state index contributed by atoms with van der Waals surface area (Å²) in [5, 5.41) is 8.56. The number of nitrogens with one attached hydrogen (secondary N) is 1. The molecule has 0 saturated heterocycles. The van der Waals surface area contributed by atoms with Crippen molar-refractivity contribution in [3.8, 4) is 17.1 Å². The van der Waals surface area contributed by atoms with Crippen LogP contribution in [0.1, 0.15) is 23.7 Å². The number of hydrogen-bond donors (Lipinski definition) is 1. The Hall–Kier alpha value is -3.29. The second-order valence-corrected chi connectivity index (χ2v) is 5.94. The highest BCUT2D eigenvalue weighted by Crippen LogP contribution is 2.23. The molecule has 0 aliphatic heterocycles. The highest BCUT2D eigenvalue weighted by atomic mass is 16.1. The molecular weight excluding hydrogens is 318 g/mol. The highest BCUT2D eigenvalue weighted by molar-refractivity contribution is 5.76. The van der Waals surface area contributed by atoms with Gasteiger partial charge in [-0.3, -0.25) is 4.79 Å². The van der Waals surface area contributed by atoms with E-state index < -0.39 is 0 Å². The van der Waals surface area contributed by atoms with E-state index in [0.717, 1.165) is 27.9 Å². The van der Waals surface area contributed by atoms with Crippen LogP contribution in [-0.2, 0) is 6.42 Å². The van der Waals surface area contributed by atoms with E-state index >= 15 is 0 Å². The molecule has 0 aliphatic carbocycles. The molecule has 0 bridgehead atoms. The molecule has 8 nitrogen and oxygen atoms in total. The van der Waals surface area contributed by atoms with Crippen molar-refractivity contribution in [2.24, 2.45) is 0 Å². The number of fused-ring (bicyclic) bond motifs is 1. The lowest BCUT2D eigenvalue weighted by molar-refractivity contribution is 0.805. The third kappa shape index (κ3) is 2.42. The Morgan fingerprint density at radius 2 is 1.84 bits per heavy atom. The van der Waals surface area contributed by atoms with Crippen molar-refractivity contribution < 1.29 is 0 Å². The fourth-order valence-corrected chi connectivity index (χ4v) is 2.87. The minimum absolute atomic E-state index is 0.0886. The van der Waals surface area contributed by atoms with Gasteiger partial charge in [0.1, 0.15) is 5.65 Å². The highest BCUT2D eigenvalue weighted by Gasteiger charge is 2.15. The zero-order chi connectivity index (χ0) is 17.6. The molecule has 0 radical (unpaired) electrons. The SMILES string of the molecule is CCc1c(C)[nH]c2c(-c3cnn(-c4ncc(C)cn4)c3)cnn2c1=O. The van der Waals surface area contributed by atoms with E-state index in [1.165, 1.54) is 4.52 Å². The Balaban J connectivity index is 1.83. The molecule has 126 valence electrons. The summed E-state index contributed by atoms with van der Waals surface area (Å²) in [6, 6.07) is 0. The van der Waals surface area contributed by atoms with Crippen LogP contribution in [0.5, 0.6) is 0 Å². The van der Waals surface area contributed by atoms with Crippen molar-refractivity contribution in [3.05, 3.63) is 58.2 Å². The number of nitrogens with zero attached hydrogens (tertiary/aromatic N) is 6. The van der Waals surface area contributed by atoms with Crippen LogP contribution < -0.4 is 5.56 Å². The molecule has 1 N–H and O–H groups in total. The quantitative estimate of drug-likeness (QED) is 0.616. The number of aromatic amines is 1. The summed E-state index contributed by atoms with van der Waals surface area (Å²) in [5.74, 6) is 0.492. The molecule has 0 aliphatic rings. The monoisotopic (exact) mass is 335 g/mol. The minimum Gasteiger partial charge on any atom is -0.343 e. The van der Waals surface area contributed by atoms with Gasteiger partial charge in [0.25, 0.3) is 5.56 Å². The Bertz CT molecular complexity index is 1120. The van der Waals surface area contributed by atoms with Crippen LogP contribution in [0.4, 0.5) is 0 Å². The van der Waals surface area contributed by atoms with Crippen LogP contribution in [0.15, 0.2) is 35.8 Å². The van der Waals surface area contributed by atoms with Crippen molar-refractivity contribution in [1.29, 1.82) is 0 Å². The van der Waals surface area contributed by atoms with E-state index in [9.17, 15) is 4.79 Å². The van der Waals surface area contributed by atoms with Crippen molar-refractivity contribution in [2.75, 3.05) is 0 Å². The normalized spacial score (nSPS) is 11.3. The zero-order valence-electron chi connectivity index (χ0n) is 14.2. The number of aromatic nitrogens is 7. The van der Waals surface area contributed by atoms with Gasteiger partial charge in [-0.15, -0.1) is 0 Å². The number of rotatable bonds is 3. The van der Waals surface area contributed by atoms with E-state index in [2.05, 4.69) is 25.1 Å². The first kappa shape index (κ1) is 15.3. The van der Waals surface area contributed by atoms with Gasteiger partial charge in [0, 0.05) is 41.0 Å². The van der Waals surface area contributed by atoms with E-state index in [0.29, 0.717) is 18.0 Å². The fraction of sp³-hybridized carbons (Fsp3) is 0.235. The summed E-state index contributed by atoms with van der Waals surface area (Å²) < 4.78 is 3.00. The first-order chi connectivity index (χ1) is 12.1. The Morgan fingerprint density at radius 1 is 1.08 bits per heavy atom. The van der Waals surface area contributed by atoms with Gasteiger partial charge in [-0.2, -0.15) is 14.7 Å². The summed E-state index contributed by atoms with van der Waals surface area (Å²) in [7, 11) is 0. The molecule has 0 spiro atoms. The largest absolute Gasteiger partial charge is 0.343 e. The van der Waals surface area contributed by atoms with Crippen molar-refractivity contribution in [1.82, 2.24) is 34.3 Å². The van der Waals surface area contributed by atoms with Crippen LogP contribution in [0.3, 0.4) is 0 Å². The Morgan fingerprint density at radius 3 is 2.56 bits per heavy atom. The maximum atomic E-state index is 12.5. The lowest BCUT2D eigenvalue weighted by Crippen LogP contribution is -2.21. The summed E-state index contributed by atoms with van der Waals surface area (Å²) in [5.41, 5.74) is 4.79. The summed E-state index contributed by atoms with van der Waals surface area (Å²) in [6.45, 7) is 5.79. The maximum Gasteiger partial charge on any atom is 0.277 e. The van der Waals surface area contributed by atoms with Crippen molar-refractivity contribution >= 4 is 5.65 Å². The smallest absolute Gasteiger partial charge is 0.277 e. The lowest BCUT2D eigenvalue weighted by Gasteiger charge is -2.04.